The van der Waals surface area contributed by atoms with Gasteiger partial charge < -0.3 is 4.74 Å². The van der Waals surface area contributed by atoms with Crippen LogP contribution in [0.1, 0.15) is 5.56 Å². The van der Waals surface area contributed by atoms with Crippen molar-refractivity contribution in [3.05, 3.63) is 36.3 Å². The quantitative estimate of drug-likeness (QED) is 0.607. The van der Waals surface area contributed by atoms with Crippen LogP contribution in [0.5, 0.6) is 5.75 Å². The Morgan fingerprint density at radius 1 is 1.27 bits per heavy atom. The maximum Gasteiger partial charge on any atom is 0.200 e. The lowest BCUT2D eigenvalue weighted by Gasteiger charge is -2.02. The summed E-state index contributed by atoms with van der Waals surface area (Å²) in [4.78, 5) is 0. The minimum atomic E-state index is -0.986. The van der Waals surface area contributed by atoms with Crippen molar-refractivity contribution in [2.24, 2.45) is 0 Å². The topological polar surface area (TPSA) is 9.23 Å². The molecule has 0 bridgehead atoms. The normalized spacial score (nSPS) is 9.82. The van der Waals surface area contributed by atoms with Gasteiger partial charge in [-0.2, -0.15) is 4.39 Å². The zero-order chi connectivity index (χ0) is 8.43. The minimum absolute atomic E-state index is 0.0308. The Kier molecular flexibility index (Phi) is 2.08. The first-order valence-corrected chi connectivity index (χ1v) is 3.00. The average Bonchev–Trinajstić information content (AvgIpc) is 2.01. The highest BCUT2D eigenvalue weighted by Gasteiger charge is 2.10. The molecule has 1 radical (unpaired) electrons. The second-order valence-electron chi connectivity index (χ2n) is 2.05. The van der Waals surface area contributed by atoms with Crippen LogP contribution >= 0.6 is 0 Å². The lowest BCUT2D eigenvalue weighted by molar-refractivity contribution is 0.371. The van der Waals surface area contributed by atoms with Gasteiger partial charge in [-0.25, -0.2) is 4.39 Å². The average molecular weight is 157 g/mol. The van der Waals surface area contributed by atoms with Gasteiger partial charge in [0.1, 0.15) is 0 Å². The first-order valence-electron chi connectivity index (χ1n) is 3.00. The van der Waals surface area contributed by atoms with Crippen LogP contribution in [-0.4, -0.2) is 7.11 Å². The van der Waals surface area contributed by atoms with Crippen LogP contribution in [0.3, 0.4) is 0 Å². The molecule has 0 fully saturated rings. The standard InChI is InChI=1S/C8H7F2O/c1-5-3-4-6(11-2)8(10)7(5)9/h3-4H,1H2,2H3. The molecule has 0 aliphatic heterocycles. The van der Waals surface area contributed by atoms with E-state index in [1.165, 1.54) is 19.2 Å². The fourth-order valence-electron chi connectivity index (χ4n) is 0.729. The van der Waals surface area contributed by atoms with Crippen molar-refractivity contribution in [3.8, 4) is 5.75 Å². The fraction of sp³-hybridized carbons (Fsp3) is 0.125. The number of hydrogen-bond donors (Lipinski definition) is 0. The molecule has 59 valence electrons. The SMILES string of the molecule is [CH2]c1ccc(OC)c(F)c1F. The van der Waals surface area contributed by atoms with E-state index in [0.717, 1.165) is 0 Å². The van der Waals surface area contributed by atoms with Gasteiger partial charge in [-0.15, -0.1) is 0 Å². The van der Waals surface area contributed by atoms with Crippen molar-refractivity contribution in [1.29, 1.82) is 0 Å². The van der Waals surface area contributed by atoms with Gasteiger partial charge in [-0.3, -0.25) is 0 Å². The first-order chi connectivity index (χ1) is 5.16. The molecule has 0 aliphatic carbocycles. The summed E-state index contributed by atoms with van der Waals surface area (Å²) in [6.07, 6.45) is 0. The van der Waals surface area contributed by atoms with E-state index in [9.17, 15) is 8.78 Å². The van der Waals surface area contributed by atoms with E-state index < -0.39 is 11.6 Å². The van der Waals surface area contributed by atoms with E-state index in [4.69, 9.17) is 0 Å². The molecule has 0 saturated carbocycles. The van der Waals surface area contributed by atoms with Gasteiger partial charge in [0.25, 0.3) is 0 Å². The predicted octanol–water partition coefficient (Wildman–Crippen LogP) is 2.16. The number of halogens is 2. The van der Waals surface area contributed by atoms with Crippen LogP contribution in [-0.2, 0) is 0 Å². The summed E-state index contributed by atoms with van der Waals surface area (Å²) in [7, 11) is 1.28. The molecule has 3 heteroatoms. The lowest BCUT2D eigenvalue weighted by Crippen LogP contribution is -1.93. The van der Waals surface area contributed by atoms with Gasteiger partial charge in [0.05, 0.1) is 7.11 Å². The van der Waals surface area contributed by atoms with E-state index >= 15 is 0 Å². The van der Waals surface area contributed by atoms with Crippen molar-refractivity contribution in [1.82, 2.24) is 0 Å². The van der Waals surface area contributed by atoms with Gasteiger partial charge in [0.15, 0.2) is 11.6 Å². The summed E-state index contributed by atoms with van der Waals surface area (Å²) < 4.78 is 29.9. The van der Waals surface area contributed by atoms with Crippen LogP contribution in [0.2, 0.25) is 0 Å². The molecule has 0 unspecified atom stereocenters. The molecule has 0 saturated heterocycles. The predicted molar refractivity (Wildman–Crippen MR) is 37.4 cm³/mol. The Morgan fingerprint density at radius 3 is 2.45 bits per heavy atom. The summed E-state index contributed by atoms with van der Waals surface area (Å²) in [5.41, 5.74) is 0.0308. The Bertz CT molecular complexity index is 271. The van der Waals surface area contributed by atoms with Crippen LogP contribution in [0.25, 0.3) is 0 Å². The molecular formula is C8H7F2O. The Balaban J connectivity index is 3.25. The largest absolute Gasteiger partial charge is 0.494 e. The van der Waals surface area contributed by atoms with Crippen molar-refractivity contribution in [3.63, 3.8) is 0 Å². The molecule has 0 heterocycles. The van der Waals surface area contributed by atoms with Gasteiger partial charge >= 0.3 is 0 Å². The molecule has 0 aliphatic rings. The summed E-state index contributed by atoms with van der Waals surface area (Å²) in [5, 5.41) is 0. The highest BCUT2D eigenvalue weighted by atomic mass is 19.2. The van der Waals surface area contributed by atoms with Gasteiger partial charge in [0.2, 0.25) is 5.82 Å². The zero-order valence-corrected chi connectivity index (χ0v) is 6.03. The lowest BCUT2D eigenvalue weighted by atomic mass is 10.2. The molecule has 1 rings (SSSR count). The summed E-state index contributed by atoms with van der Waals surface area (Å²) in [6.45, 7) is 3.29. The number of benzene rings is 1. The molecule has 0 spiro atoms. The molecule has 11 heavy (non-hydrogen) atoms. The third kappa shape index (κ3) is 1.31. The Morgan fingerprint density at radius 2 is 1.91 bits per heavy atom. The maximum absolute atomic E-state index is 12.7. The first kappa shape index (κ1) is 7.98. The third-order valence-corrected chi connectivity index (χ3v) is 1.35. The number of methoxy groups -OCH3 is 1. The summed E-state index contributed by atoms with van der Waals surface area (Å²) in [5.74, 6) is -2.04. The number of rotatable bonds is 1. The fourth-order valence-corrected chi connectivity index (χ4v) is 0.729. The van der Waals surface area contributed by atoms with Crippen LogP contribution in [0.4, 0.5) is 8.78 Å². The van der Waals surface area contributed by atoms with E-state index in [1.54, 1.807) is 0 Å². The molecular weight excluding hydrogens is 150 g/mol. The molecule has 1 nitrogen and oxygen atoms in total. The molecule has 0 N–H and O–H groups in total. The Hall–Kier alpha value is -1.12. The van der Waals surface area contributed by atoms with Crippen LogP contribution in [0, 0.1) is 18.6 Å². The van der Waals surface area contributed by atoms with Crippen LogP contribution in [0.15, 0.2) is 12.1 Å². The number of hydrogen-bond acceptors (Lipinski definition) is 1. The van der Waals surface area contributed by atoms with Crippen molar-refractivity contribution in [2.45, 2.75) is 0 Å². The summed E-state index contributed by atoms with van der Waals surface area (Å²) in [6, 6.07) is 2.69. The van der Waals surface area contributed by atoms with Crippen LogP contribution < -0.4 is 4.74 Å². The molecule has 1 aromatic rings. The highest BCUT2D eigenvalue weighted by molar-refractivity contribution is 5.32. The zero-order valence-electron chi connectivity index (χ0n) is 6.03. The monoisotopic (exact) mass is 157 g/mol. The van der Waals surface area contributed by atoms with E-state index in [0.29, 0.717) is 0 Å². The van der Waals surface area contributed by atoms with Crippen molar-refractivity contribution >= 4 is 0 Å². The van der Waals surface area contributed by atoms with E-state index in [1.807, 2.05) is 0 Å². The van der Waals surface area contributed by atoms with E-state index in [2.05, 4.69) is 11.7 Å². The van der Waals surface area contributed by atoms with Crippen molar-refractivity contribution in [2.75, 3.05) is 7.11 Å². The minimum Gasteiger partial charge on any atom is -0.494 e. The molecule has 0 aromatic heterocycles. The smallest absolute Gasteiger partial charge is 0.200 e. The molecule has 1 aromatic carbocycles. The third-order valence-electron chi connectivity index (χ3n) is 1.35. The van der Waals surface area contributed by atoms with Gasteiger partial charge in [-0.1, -0.05) is 6.07 Å². The number of ether oxygens (including phenoxy) is 1. The van der Waals surface area contributed by atoms with E-state index in [-0.39, 0.29) is 11.3 Å². The van der Waals surface area contributed by atoms with Gasteiger partial charge in [0, 0.05) is 0 Å². The van der Waals surface area contributed by atoms with Gasteiger partial charge in [-0.05, 0) is 18.6 Å². The maximum atomic E-state index is 12.7. The second kappa shape index (κ2) is 2.86. The molecule has 0 amide bonds. The summed E-state index contributed by atoms with van der Waals surface area (Å²) >= 11 is 0. The highest BCUT2D eigenvalue weighted by Crippen LogP contribution is 2.21. The molecule has 0 atom stereocenters. The van der Waals surface area contributed by atoms with Crippen molar-refractivity contribution < 1.29 is 13.5 Å². The Labute approximate surface area is 63.6 Å². The second-order valence-corrected chi connectivity index (χ2v) is 2.05.